The lowest BCUT2D eigenvalue weighted by atomic mass is 9.95. The van der Waals surface area contributed by atoms with E-state index in [2.05, 4.69) is 5.32 Å². The van der Waals surface area contributed by atoms with Gasteiger partial charge in [-0.25, -0.2) is 9.18 Å². The van der Waals surface area contributed by atoms with E-state index in [1.54, 1.807) is 23.9 Å². The van der Waals surface area contributed by atoms with Crippen LogP contribution in [0.4, 0.5) is 14.9 Å². The van der Waals surface area contributed by atoms with Crippen LogP contribution in [0.3, 0.4) is 0 Å². The van der Waals surface area contributed by atoms with Crippen molar-refractivity contribution in [1.29, 1.82) is 0 Å². The van der Waals surface area contributed by atoms with Gasteiger partial charge in [0.15, 0.2) is 0 Å². The molecule has 24 heavy (non-hydrogen) atoms. The van der Waals surface area contributed by atoms with Crippen molar-refractivity contribution in [2.24, 2.45) is 0 Å². The number of hydrogen-bond acceptors (Lipinski definition) is 4. The van der Waals surface area contributed by atoms with Crippen LogP contribution in [0.25, 0.3) is 0 Å². The summed E-state index contributed by atoms with van der Waals surface area (Å²) in [6.45, 7) is 1.85. The molecule has 0 spiro atoms. The average molecular weight is 350 g/mol. The van der Waals surface area contributed by atoms with E-state index in [1.807, 2.05) is 11.5 Å². The SMILES string of the molecule is CC(=O)NCC1COC(=O)N1c1ccc(C2C=CSCC2)c(F)c1. The lowest BCUT2D eigenvalue weighted by Gasteiger charge is -2.23. The van der Waals surface area contributed by atoms with Crippen LogP contribution in [-0.2, 0) is 9.53 Å². The Morgan fingerprint density at radius 1 is 1.50 bits per heavy atom. The predicted octanol–water partition coefficient (Wildman–Crippen LogP) is 3.02. The number of anilines is 1. The number of rotatable bonds is 4. The van der Waals surface area contributed by atoms with Crippen LogP contribution in [0.2, 0.25) is 0 Å². The molecule has 0 aliphatic carbocycles. The number of amides is 2. The van der Waals surface area contributed by atoms with Gasteiger partial charge in [0.1, 0.15) is 12.4 Å². The topological polar surface area (TPSA) is 58.6 Å². The van der Waals surface area contributed by atoms with Crippen molar-refractivity contribution < 1.29 is 18.7 Å². The lowest BCUT2D eigenvalue weighted by molar-refractivity contribution is -0.119. The van der Waals surface area contributed by atoms with Crippen LogP contribution in [0.1, 0.15) is 24.8 Å². The molecule has 0 bridgehead atoms. The Kier molecular flexibility index (Phi) is 5.08. The molecule has 2 amide bonds. The first-order valence-electron chi connectivity index (χ1n) is 7.84. The maximum absolute atomic E-state index is 14.6. The van der Waals surface area contributed by atoms with Crippen molar-refractivity contribution in [3.63, 3.8) is 0 Å². The second-order valence-corrected chi connectivity index (χ2v) is 6.85. The van der Waals surface area contributed by atoms with E-state index in [4.69, 9.17) is 4.74 Å². The van der Waals surface area contributed by atoms with Crippen LogP contribution < -0.4 is 10.2 Å². The molecule has 2 heterocycles. The molecule has 1 aromatic rings. The highest BCUT2D eigenvalue weighted by Crippen LogP contribution is 2.33. The molecule has 5 nitrogen and oxygen atoms in total. The van der Waals surface area contributed by atoms with Crippen molar-refractivity contribution in [2.75, 3.05) is 23.8 Å². The lowest BCUT2D eigenvalue weighted by Crippen LogP contribution is -2.42. The number of benzene rings is 1. The normalized spacial score (nSPS) is 23.2. The number of halogens is 1. The number of nitrogens with one attached hydrogen (secondary N) is 1. The van der Waals surface area contributed by atoms with Gasteiger partial charge in [0.2, 0.25) is 5.91 Å². The van der Waals surface area contributed by atoms with E-state index in [-0.39, 0.29) is 36.8 Å². The Morgan fingerprint density at radius 3 is 3.00 bits per heavy atom. The van der Waals surface area contributed by atoms with Gasteiger partial charge in [0.05, 0.1) is 11.7 Å². The maximum atomic E-state index is 14.6. The van der Waals surface area contributed by atoms with Gasteiger partial charge in [-0.2, -0.15) is 0 Å². The van der Waals surface area contributed by atoms with Crippen LogP contribution >= 0.6 is 11.8 Å². The molecule has 1 aromatic carbocycles. The van der Waals surface area contributed by atoms with Gasteiger partial charge >= 0.3 is 6.09 Å². The van der Waals surface area contributed by atoms with Crippen molar-refractivity contribution in [2.45, 2.75) is 25.3 Å². The molecule has 0 aromatic heterocycles. The summed E-state index contributed by atoms with van der Waals surface area (Å²) in [5.74, 6) is 0.533. The third-order valence-electron chi connectivity index (χ3n) is 4.16. The van der Waals surface area contributed by atoms with Crippen molar-refractivity contribution in [1.82, 2.24) is 5.32 Å². The van der Waals surface area contributed by atoms with E-state index >= 15 is 0 Å². The van der Waals surface area contributed by atoms with E-state index < -0.39 is 6.09 Å². The molecule has 1 fully saturated rings. The first-order chi connectivity index (χ1) is 11.6. The Labute approximate surface area is 144 Å². The summed E-state index contributed by atoms with van der Waals surface area (Å²) in [4.78, 5) is 24.5. The number of cyclic esters (lactones) is 1. The minimum Gasteiger partial charge on any atom is -0.447 e. The van der Waals surface area contributed by atoms with Crippen molar-refractivity contribution in [3.8, 4) is 0 Å². The molecule has 7 heteroatoms. The van der Waals surface area contributed by atoms with Crippen molar-refractivity contribution >= 4 is 29.4 Å². The molecule has 0 saturated carbocycles. The second-order valence-electron chi connectivity index (χ2n) is 5.84. The van der Waals surface area contributed by atoms with Gasteiger partial charge in [-0.1, -0.05) is 12.1 Å². The minimum atomic E-state index is -0.522. The van der Waals surface area contributed by atoms with E-state index in [0.29, 0.717) is 11.3 Å². The zero-order valence-electron chi connectivity index (χ0n) is 13.3. The largest absolute Gasteiger partial charge is 0.447 e. The number of nitrogens with zero attached hydrogens (tertiary/aromatic N) is 1. The average Bonchev–Trinajstić information content (AvgIpc) is 2.94. The Balaban J connectivity index is 1.81. The summed E-state index contributed by atoms with van der Waals surface area (Å²) in [5.41, 5.74) is 1.09. The Morgan fingerprint density at radius 2 is 2.33 bits per heavy atom. The zero-order valence-corrected chi connectivity index (χ0v) is 14.1. The van der Waals surface area contributed by atoms with Gasteiger partial charge in [-0.15, -0.1) is 11.8 Å². The molecule has 128 valence electrons. The number of hydrogen-bond donors (Lipinski definition) is 1. The highest BCUT2D eigenvalue weighted by Gasteiger charge is 2.34. The summed E-state index contributed by atoms with van der Waals surface area (Å²) in [6.07, 6.45) is 2.39. The van der Waals surface area contributed by atoms with E-state index in [9.17, 15) is 14.0 Å². The summed E-state index contributed by atoms with van der Waals surface area (Å²) in [7, 11) is 0. The zero-order chi connectivity index (χ0) is 17.1. The van der Waals surface area contributed by atoms with E-state index in [0.717, 1.165) is 12.2 Å². The first-order valence-corrected chi connectivity index (χ1v) is 8.89. The summed E-state index contributed by atoms with van der Waals surface area (Å²) in [6, 6.07) is 4.51. The molecule has 2 unspecified atom stereocenters. The molecular formula is C17H19FN2O3S. The van der Waals surface area contributed by atoms with Gasteiger partial charge in [-0.05, 0) is 35.3 Å². The molecule has 2 aliphatic heterocycles. The fourth-order valence-electron chi connectivity index (χ4n) is 2.92. The fourth-order valence-corrected chi connectivity index (χ4v) is 3.75. The van der Waals surface area contributed by atoms with Gasteiger partial charge < -0.3 is 10.1 Å². The van der Waals surface area contributed by atoms with Crippen LogP contribution in [0, 0.1) is 5.82 Å². The van der Waals surface area contributed by atoms with Crippen LogP contribution in [0.15, 0.2) is 29.7 Å². The summed E-state index contributed by atoms with van der Waals surface area (Å²) in [5, 5.41) is 4.67. The Bertz CT molecular complexity index is 680. The monoisotopic (exact) mass is 350 g/mol. The van der Waals surface area contributed by atoms with Gasteiger partial charge in [0, 0.05) is 19.4 Å². The summed E-state index contributed by atoms with van der Waals surface area (Å²) < 4.78 is 19.6. The number of allylic oxidation sites excluding steroid dienone is 1. The third kappa shape index (κ3) is 3.56. The molecule has 0 radical (unpaired) electrons. The highest BCUT2D eigenvalue weighted by atomic mass is 32.2. The quantitative estimate of drug-likeness (QED) is 0.907. The molecule has 1 N–H and O–H groups in total. The predicted molar refractivity (Wildman–Crippen MR) is 91.7 cm³/mol. The molecule has 2 aliphatic rings. The van der Waals surface area contributed by atoms with E-state index in [1.165, 1.54) is 17.9 Å². The molecule has 3 rings (SSSR count). The fraction of sp³-hybridized carbons (Fsp3) is 0.412. The molecule has 1 saturated heterocycles. The maximum Gasteiger partial charge on any atom is 0.414 e. The second kappa shape index (κ2) is 7.25. The van der Waals surface area contributed by atoms with Crippen LogP contribution in [0.5, 0.6) is 0 Å². The first kappa shape index (κ1) is 16.8. The molecular weight excluding hydrogens is 331 g/mol. The number of ether oxygens (including phenoxy) is 1. The number of carbonyl (C=O) groups is 2. The van der Waals surface area contributed by atoms with Crippen molar-refractivity contribution in [3.05, 3.63) is 41.1 Å². The Hall–Kier alpha value is -2.02. The van der Waals surface area contributed by atoms with Crippen LogP contribution in [-0.4, -0.2) is 36.9 Å². The van der Waals surface area contributed by atoms with Gasteiger partial charge in [-0.3, -0.25) is 9.69 Å². The standard InChI is InChI=1S/C17H19FN2O3S/c1-11(21)19-9-14-10-23-17(22)20(14)13-2-3-15(16(18)8-13)12-4-6-24-7-5-12/h2-4,6,8,12,14H,5,7,9-10H2,1H3,(H,19,21). The number of carbonyl (C=O) groups excluding carboxylic acids is 2. The number of thioether (sulfide) groups is 1. The molecule has 2 atom stereocenters. The minimum absolute atomic E-state index is 0.0704. The third-order valence-corrected chi connectivity index (χ3v) is 4.98. The smallest absolute Gasteiger partial charge is 0.414 e. The van der Waals surface area contributed by atoms with Gasteiger partial charge in [0.25, 0.3) is 0 Å². The highest BCUT2D eigenvalue weighted by molar-refractivity contribution is 8.02. The summed E-state index contributed by atoms with van der Waals surface area (Å²) >= 11 is 1.72.